The van der Waals surface area contributed by atoms with E-state index in [2.05, 4.69) is 41.7 Å². The van der Waals surface area contributed by atoms with Gasteiger partial charge in [-0.05, 0) is 25.8 Å². The summed E-state index contributed by atoms with van der Waals surface area (Å²) in [6.45, 7) is 9.11. The molecule has 0 saturated carbocycles. The van der Waals surface area contributed by atoms with E-state index in [9.17, 15) is 0 Å². The van der Waals surface area contributed by atoms with Gasteiger partial charge < -0.3 is 9.64 Å². The lowest BCUT2D eigenvalue weighted by Crippen LogP contribution is -2.50. The maximum Gasteiger partial charge on any atom is 0.140 e. The number of thiophene rings is 1. The van der Waals surface area contributed by atoms with Crippen LogP contribution in [0.15, 0.2) is 12.4 Å². The quantitative estimate of drug-likeness (QED) is 0.870. The van der Waals surface area contributed by atoms with Gasteiger partial charge in [0.25, 0.3) is 0 Å². The van der Waals surface area contributed by atoms with E-state index in [0.717, 1.165) is 43.2 Å². The normalized spacial score (nSPS) is 23.4. The number of hydrogen-bond donors (Lipinski definition) is 0. The van der Waals surface area contributed by atoms with Crippen molar-refractivity contribution in [1.82, 2.24) is 9.97 Å². The van der Waals surface area contributed by atoms with Gasteiger partial charge in [0.2, 0.25) is 0 Å². The summed E-state index contributed by atoms with van der Waals surface area (Å²) in [7, 11) is 0. The van der Waals surface area contributed by atoms with Crippen molar-refractivity contribution in [3.8, 4) is 0 Å². The SMILES string of the molecule is CCc1cc2c(N3CCOC(C)(CC)C3)ncnc2s1. The maximum atomic E-state index is 5.92. The summed E-state index contributed by atoms with van der Waals surface area (Å²) in [6.07, 6.45) is 3.75. The molecule has 3 heterocycles. The minimum absolute atomic E-state index is 0.0703. The van der Waals surface area contributed by atoms with Crippen LogP contribution in [-0.2, 0) is 11.2 Å². The second-order valence-corrected chi connectivity index (χ2v) is 6.67. The van der Waals surface area contributed by atoms with Crippen LogP contribution < -0.4 is 4.90 Å². The standard InChI is InChI=1S/C15H21N3OS/c1-4-11-8-12-13(16-10-17-14(12)20-11)18-6-7-19-15(3,5-2)9-18/h8,10H,4-7,9H2,1-3H3. The van der Waals surface area contributed by atoms with Crippen LogP contribution in [0.2, 0.25) is 0 Å². The van der Waals surface area contributed by atoms with Gasteiger partial charge in [0.1, 0.15) is 17.0 Å². The van der Waals surface area contributed by atoms with E-state index >= 15 is 0 Å². The average molecular weight is 291 g/mol. The lowest BCUT2D eigenvalue weighted by Gasteiger charge is -2.40. The fourth-order valence-electron chi connectivity index (χ4n) is 2.64. The van der Waals surface area contributed by atoms with Crippen LogP contribution in [0.4, 0.5) is 5.82 Å². The van der Waals surface area contributed by atoms with Gasteiger partial charge in [-0.3, -0.25) is 0 Å². The number of morpholine rings is 1. The average Bonchev–Trinajstić information content (AvgIpc) is 2.90. The molecule has 0 spiro atoms. The molecule has 0 amide bonds. The van der Waals surface area contributed by atoms with Gasteiger partial charge in [0, 0.05) is 18.0 Å². The minimum atomic E-state index is -0.0703. The van der Waals surface area contributed by atoms with Crippen LogP contribution in [0, 0.1) is 0 Å². The van der Waals surface area contributed by atoms with Gasteiger partial charge in [0.15, 0.2) is 0 Å². The van der Waals surface area contributed by atoms with Gasteiger partial charge in [-0.1, -0.05) is 13.8 Å². The zero-order valence-electron chi connectivity index (χ0n) is 12.3. The fourth-order valence-corrected chi connectivity index (χ4v) is 3.57. The van der Waals surface area contributed by atoms with E-state index in [1.54, 1.807) is 17.7 Å². The molecule has 2 aromatic heterocycles. The van der Waals surface area contributed by atoms with Crippen LogP contribution in [0.3, 0.4) is 0 Å². The van der Waals surface area contributed by atoms with Crippen LogP contribution in [0.1, 0.15) is 32.1 Å². The fraction of sp³-hybridized carbons (Fsp3) is 0.600. The summed E-state index contributed by atoms with van der Waals surface area (Å²) < 4.78 is 5.92. The molecule has 3 rings (SSSR count). The summed E-state index contributed by atoms with van der Waals surface area (Å²) >= 11 is 1.77. The number of ether oxygens (including phenoxy) is 1. The van der Waals surface area contributed by atoms with Crippen molar-refractivity contribution >= 4 is 27.4 Å². The molecule has 1 fully saturated rings. The zero-order chi connectivity index (χ0) is 14.2. The lowest BCUT2D eigenvalue weighted by atomic mass is 10.0. The van der Waals surface area contributed by atoms with Crippen LogP contribution >= 0.6 is 11.3 Å². The molecular formula is C15H21N3OS. The van der Waals surface area contributed by atoms with Gasteiger partial charge in [-0.2, -0.15) is 0 Å². The van der Waals surface area contributed by atoms with E-state index in [-0.39, 0.29) is 5.60 Å². The lowest BCUT2D eigenvalue weighted by molar-refractivity contribution is -0.0442. The van der Waals surface area contributed by atoms with Crippen molar-refractivity contribution in [2.24, 2.45) is 0 Å². The Balaban J connectivity index is 1.99. The van der Waals surface area contributed by atoms with Gasteiger partial charge in [-0.25, -0.2) is 9.97 Å². The maximum absolute atomic E-state index is 5.92. The molecule has 0 aromatic carbocycles. The largest absolute Gasteiger partial charge is 0.372 e. The molecule has 20 heavy (non-hydrogen) atoms. The molecule has 1 aliphatic heterocycles. The highest BCUT2D eigenvalue weighted by Crippen LogP contribution is 2.33. The summed E-state index contributed by atoms with van der Waals surface area (Å²) in [5, 5.41) is 1.19. The summed E-state index contributed by atoms with van der Waals surface area (Å²) in [6, 6.07) is 2.24. The van der Waals surface area contributed by atoms with Crippen molar-refractivity contribution in [3.63, 3.8) is 0 Å². The molecule has 0 N–H and O–H groups in total. The third-order valence-electron chi connectivity index (χ3n) is 4.09. The molecule has 1 unspecified atom stereocenters. The Morgan fingerprint density at radius 2 is 2.25 bits per heavy atom. The van der Waals surface area contributed by atoms with Crippen molar-refractivity contribution in [3.05, 3.63) is 17.3 Å². The molecule has 2 aromatic rings. The molecule has 108 valence electrons. The van der Waals surface area contributed by atoms with E-state index < -0.39 is 0 Å². The molecule has 1 saturated heterocycles. The van der Waals surface area contributed by atoms with E-state index in [0.29, 0.717) is 0 Å². The molecule has 0 radical (unpaired) electrons. The Labute approximate surface area is 123 Å². The monoisotopic (exact) mass is 291 g/mol. The summed E-state index contributed by atoms with van der Waals surface area (Å²) in [5.41, 5.74) is -0.0703. The number of aromatic nitrogens is 2. The second-order valence-electron chi connectivity index (χ2n) is 5.56. The van der Waals surface area contributed by atoms with Crippen LogP contribution in [-0.4, -0.2) is 35.3 Å². The highest BCUT2D eigenvalue weighted by atomic mass is 32.1. The highest BCUT2D eigenvalue weighted by molar-refractivity contribution is 7.18. The molecular weight excluding hydrogens is 270 g/mol. The summed E-state index contributed by atoms with van der Waals surface area (Å²) in [4.78, 5) is 13.8. The molecule has 0 aliphatic carbocycles. The number of aryl methyl sites for hydroxylation is 1. The molecule has 4 nitrogen and oxygen atoms in total. The first kappa shape index (κ1) is 13.8. The molecule has 5 heteroatoms. The van der Waals surface area contributed by atoms with E-state index in [1.807, 2.05) is 0 Å². The Hall–Kier alpha value is -1.20. The topological polar surface area (TPSA) is 38.2 Å². The van der Waals surface area contributed by atoms with Crippen molar-refractivity contribution in [1.29, 1.82) is 0 Å². The van der Waals surface area contributed by atoms with Gasteiger partial charge >= 0.3 is 0 Å². The number of hydrogen-bond acceptors (Lipinski definition) is 5. The minimum Gasteiger partial charge on any atom is -0.372 e. The van der Waals surface area contributed by atoms with Gasteiger partial charge in [-0.15, -0.1) is 11.3 Å². The Bertz CT molecular complexity index is 612. The Morgan fingerprint density at radius 3 is 3.00 bits per heavy atom. The first-order valence-corrected chi connectivity index (χ1v) is 8.09. The predicted octanol–water partition coefficient (Wildman–Crippen LogP) is 3.26. The van der Waals surface area contributed by atoms with Crippen LogP contribution in [0.25, 0.3) is 10.2 Å². The predicted molar refractivity (Wildman–Crippen MR) is 83.7 cm³/mol. The van der Waals surface area contributed by atoms with E-state index in [1.165, 1.54) is 10.3 Å². The molecule has 0 bridgehead atoms. The Morgan fingerprint density at radius 1 is 1.40 bits per heavy atom. The third kappa shape index (κ3) is 2.40. The smallest absolute Gasteiger partial charge is 0.140 e. The molecule has 1 aliphatic rings. The highest BCUT2D eigenvalue weighted by Gasteiger charge is 2.31. The number of nitrogens with zero attached hydrogens (tertiary/aromatic N) is 3. The number of anilines is 1. The summed E-state index contributed by atoms with van der Waals surface area (Å²) in [5.74, 6) is 1.06. The Kier molecular flexibility index (Phi) is 3.65. The number of fused-ring (bicyclic) bond motifs is 1. The van der Waals surface area contributed by atoms with Crippen molar-refractivity contribution in [2.45, 2.75) is 39.2 Å². The van der Waals surface area contributed by atoms with Crippen molar-refractivity contribution < 1.29 is 4.74 Å². The third-order valence-corrected chi connectivity index (χ3v) is 5.28. The van der Waals surface area contributed by atoms with Crippen LogP contribution in [0.5, 0.6) is 0 Å². The van der Waals surface area contributed by atoms with Crippen molar-refractivity contribution in [2.75, 3.05) is 24.6 Å². The number of rotatable bonds is 3. The second kappa shape index (κ2) is 5.30. The first-order chi connectivity index (χ1) is 9.65. The van der Waals surface area contributed by atoms with E-state index in [4.69, 9.17) is 4.74 Å². The first-order valence-electron chi connectivity index (χ1n) is 7.27. The molecule has 1 atom stereocenters. The zero-order valence-corrected chi connectivity index (χ0v) is 13.2. The van der Waals surface area contributed by atoms with Gasteiger partial charge in [0.05, 0.1) is 17.6 Å².